The molecule has 29 heavy (non-hydrogen) atoms. The van der Waals surface area contributed by atoms with Crippen molar-refractivity contribution in [3.8, 4) is 6.07 Å². The molecule has 2 amide bonds. The van der Waals surface area contributed by atoms with Gasteiger partial charge in [0.05, 0.1) is 5.56 Å². The lowest BCUT2D eigenvalue weighted by molar-refractivity contribution is -0.123. The summed E-state index contributed by atoms with van der Waals surface area (Å²) in [6.07, 6.45) is 0. The predicted octanol–water partition coefficient (Wildman–Crippen LogP) is 4.00. The van der Waals surface area contributed by atoms with Gasteiger partial charge in [-0.05, 0) is 43.3 Å². The summed E-state index contributed by atoms with van der Waals surface area (Å²) in [7, 11) is 0. The van der Waals surface area contributed by atoms with Gasteiger partial charge in [-0.15, -0.1) is 0 Å². The number of carbonyl (C=O) groups excluding carboxylic acids is 2. The van der Waals surface area contributed by atoms with Gasteiger partial charge in [0.25, 0.3) is 0 Å². The summed E-state index contributed by atoms with van der Waals surface area (Å²) >= 11 is 0.951. The van der Waals surface area contributed by atoms with E-state index in [1.807, 2.05) is 12.1 Å². The standard InChI is InChI=1S/C22H18N4O2S/c1-15-12-13-16(14-23)22(24-15)29-19(20(27)25-17-8-4-2-5-9-17)21(28)26-18-10-6-3-7-11-18/h2-13,19H,1H3,(H,25,27)(H,26,28). The molecule has 0 aliphatic heterocycles. The summed E-state index contributed by atoms with van der Waals surface area (Å²) < 4.78 is 0. The number of pyridine rings is 1. The first kappa shape index (κ1) is 20.1. The zero-order valence-corrected chi connectivity index (χ0v) is 16.4. The van der Waals surface area contributed by atoms with E-state index in [4.69, 9.17) is 0 Å². The average Bonchev–Trinajstić information content (AvgIpc) is 2.73. The Morgan fingerprint density at radius 3 is 1.90 bits per heavy atom. The van der Waals surface area contributed by atoms with Crippen LogP contribution >= 0.6 is 11.8 Å². The van der Waals surface area contributed by atoms with E-state index in [0.717, 1.165) is 11.8 Å². The predicted molar refractivity (Wildman–Crippen MR) is 113 cm³/mol. The summed E-state index contributed by atoms with van der Waals surface area (Å²) in [6.45, 7) is 1.79. The van der Waals surface area contributed by atoms with Gasteiger partial charge in [0.1, 0.15) is 11.1 Å². The third-order valence-electron chi connectivity index (χ3n) is 3.91. The molecule has 0 saturated heterocycles. The molecule has 3 aromatic rings. The average molecular weight is 402 g/mol. The van der Waals surface area contributed by atoms with E-state index in [-0.39, 0.29) is 0 Å². The number of para-hydroxylation sites is 2. The molecule has 0 aliphatic carbocycles. The van der Waals surface area contributed by atoms with Crippen LogP contribution in [0.4, 0.5) is 11.4 Å². The third kappa shape index (κ3) is 5.43. The number of nitriles is 1. The Hall–Kier alpha value is -3.63. The summed E-state index contributed by atoms with van der Waals surface area (Å²) in [6, 6.07) is 23.2. The molecule has 0 unspecified atom stereocenters. The maximum atomic E-state index is 12.9. The van der Waals surface area contributed by atoms with E-state index in [1.54, 1.807) is 67.6 Å². The minimum absolute atomic E-state index is 0.311. The van der Waals surface area contributed by atoms with Gasteiger partial charge in [0.15, 0.2) is 5.25 Å². The number of thioether (sulfide) groups is 1. The van der Waals surface area contributed by atoms with Crippen molar-refractivity contribution in [3.63, 3.8) is 0 Å². The topological polar surface area (TPSA) is 94.9 Å². The molecule has 6 nitrogen and oxygen atoms in total. The van der Waals surface area contributed by atoms with Gasteiger partial charge >= 0.3 is 0 Å². The van der Waals surface area contributed by atoms with Gasteiger partial charge in [-0.1, -0.05) is 48.2 Å². The summed E-state index contributed by atoms with van der Waals surface area (Å²) in [5, 5.41) is 14.1. The number of amides is 2. The van der Waals surface area contributed by atoms with E-state index in [9.17, 15) is 14.9 Å². The number of hydrogen-bond donors (Lipinski definition) is 2. The SMILES string of the molecule is Cc1ccc(C#N)c(SC(C(=O)Nc2ccccc2)C(=O)Nc2ccccc2)n1. The first-order valence-electron chi connectivity index (χ1n) is 8.83. The minimum Gasteiger partial charge on any atom is -0.325 e. The van der Waals surface area contributed by atoms with Crippen LogP contribution in [0.5, 0.6) is 0 Å². The lowest BCUT2D eigenvalue weighted by atomic mass is 10.2. The molecule has 3 rings (SSSR count). The van der Waals surface area contributed by atoms with E-state index in [1.165, 1.54) is 0 Å². The highest BCUT2D eigenvalue weighted by Crippen LogP contribution is 2.27. The number of nitrogens with one attached hydrogen (secondary N) is 2. The van der Waals surface area contributed by atoms with E-state index in [0.29, 0.717) is 27.7 Å². The van der Waals surface area contributed by atoms with Crippen LogP contribution in [-0.4, -0.2) is 22.0 Å². The van der Waals surface area contributed by atoms with Gasteiger partial charge in [0.2, 0.25) is 11.8 Å². The number of rotatable bonds is 6. The van der Waals surface area contributed by atoms with E-state index < -0.39 is 17.1 Å². The summed E-state index contributed by atoms with van der Waals surface area (Å²) in [4.78, 5) is 30.2. The molecule has 0 radical (unpaired) electrons. The second-order valence-corrected chi connectivity index (χ2v) is 7.22. The maximum Gasteiger partial charge on any atom is 0.247 e. The first-order valence-corrected chi connectivity index (χ1v) is 9.71. The van der Waals surface area contributed by atoms with Crippen molar-refractivity contribution in [2.75, 3.05) is 10.6 Å². The van der Waals surface area contributed by atoms with Gasteiger partial charge in [-0.2, -0.15) is 5.26 Å². The van der Waals surface area contributed by atoms with Crippen molar-refractivity contribution in [3.05, 3.63) is 84.1 Å². The number of aromatic nitrogens is 1. The highest BCUT2D eigenvalue weighted by molar-refractivity contribution is 8.01. The summed E-state index contributed by atoms with van der Waals surface area (Å²) in [5.41, 5.74) is 2.16. The van der Waals surface area contributed by atoms with Crippen LogP contribution in [0.2, 0.25) is 0 Å². The van der Waals surface area contributed by atoms with Crippen LogP contribution in [0, 0.1) is 18.3 Å². The zero-order valence-electron chi connectivity index (χ0n) is 15.6. The largest absolute Gasteiger partial charge is 0.325 e. The maximum absolute atomic E-state index is 12.9. The molecule has 0 fully saturated rings. The van der Waals surface area contributed by atoms with Crippen LogP contribution in [0.15, 0.2) is 77.8 Å². The first-order chi connectivity index (χ1) is 14.1. The highest BCUT2D eigenvalue weighted by atomic mass is 32.2. The molecular formula is C22H18N4O2S. The van der Waals surface area contributed by atoms with Crippen LogP contribution in [0.3, 0.4) is 0 Å². The van der Waals surface area contributed by atoms with Crippen molar-refractivity contribution in [1.82, 2.24) is 4.98 Å². The van der Waals surface area contributed by atoms with Crippen LogP contribution in [0.1, 0.15) is 11.3 Å². The lowest BCUT2D eigenvalue weighted by Gasteiger charge is -2.17. The monoisotopic (exact) mass is 402 g/mol. The number of nitrogens with zero attached hydrogens (tertiary/aromatic N) is 2. The molecule has 0 bridgehead atoms. The molecule has 7 heteroatoms. The normalized spacial score (nSPS) is 10.2. The van der Waals surface area contributed by atoms with Gasteiger partial charge in [0, 0.05) is 17.1 Å². The quantitative estimate of drug-likeness (QED) is 0.480. The highest BCUT2D eigenvalue weighted by Gasteiger charge is 2.30. The fraction of sp³-hybridized carbons (Fsp3) is 0.0909. The van der Waals surface area contributed by atoms with Gasteiger partial charge in [-0.25, -0.2) is 4.98 Å². The number of carbonyl (C=O) groups is 2. The van der Waals surface area contributed by atoms with E-state index in [2.05, 4.69) is 21.7 Å². The Labute approximate surface area is 173 Å². The molecule has 0 atom stereocenters. The fourth-order valence-electron chi connectivity index (χ4n) is 2.50. The second kappa shape index (κ2) is 9.53. The molecule has 0 aliphatic rings. The Morgan fingerprint density at radius 2 is 1.41 bits per heavy atom. The smallest absolute Gasteiger partial charge is 0.247 e. The molecule has 2 N–H and O–H groups in total. The molecule has 144 valence electrons. The van der Waals surface area contributed by atoms with E-state index >= 15 is 0 Å². The van der Waals surface area contributed by atoms with Crippen LogP contribution in [-0.2, 0) is 9.59 Å². The summed E-state index contributed by atoms with van der Waals surface area (Å²) in [5.74, 6) is -0.997. The number of benzene rings is 2. The lowest BCUT2D eigenvalue weighted by Crippen LogP contribution is -2.36. The Morgan fingerprint density at radius 1 is 0.897 bits per heavy atom. The molecule has 0 saturated carbocycles. The Kier molecular flexibility index (Phi) is 6.61. The van der Waals surface area contributed by atoms with Crippen LogP contribution in [0.25, 0.3) is 0 Å². The second-order valence-electron chi connectivity index (χ2n) is 6.13. The molecule has 1 heterocycles. The molecule has 0 spiro atoms. The van der Waals surface area contributed by atoms with Gasteiger partial charge < -0.3 is 10.6 Å². The zero-order chi connectivity index (χ0) is 20.6. The van der Waals surface area contributed by atoms with Crippen LogP contribution < -0.4 is 10.6 Å². The molecular weight excluding hydrogens is 384 g/mol. The van der Waals surface area contributed by atoms with Crippen molar-refractivity contribution < 1.29 is 9.59 Å². The van der Waals surface area contributed by atoms with Crippen molar-refractivity contribution in [2.24, 2.45) is 0 Å². The van der Waals surface area contributed by atoms with Crippen molar-refractivity contribution >= 4 is 35.0 Å². The van der Waals surface area contributed by atoms with Crippen molar-refractivity contribution in [1.29, 1.82) is 5.26 Å². The number of anilines is 2. The molecule has 2 aromatic carbocycles. The molecule has 1 aromatic heterocycles. The van der Waals surface area contributed by atoms with Crippen molar-refractivity contribution in [2.45, 2.75) is 17.2 Å². The minimum atomic E-state index is -1.14. The number of hydrogen-bond acceptors (Lipinski definition) is 5. The fourth-order valence-corrected chi connectivity index (χ4v) is 3.50. The Bertz CT molecular complexity index is 996. The third-order valence-corrected chi connectivity index (χ3v) is 5.11. The number of aryl methyl sites for hydroxylation is 1. The van der Waals surface area contributed by atoms with Gasteiger partial charge in [-0.3, -0.25) is 9.59 Å². The Balaban J connectivity index is 1.88.